The molecule has 19 heavy (non-hydrogen) atoms. The Hall–Kier alpha value is -0.910. The molecule has 1 aliphatic rings. The first-order chi connectivity index (χ1) is 9.15. The number of ether oxygens (including phenoxy) is 1. The van der Waals surface area contributed by atoms with E-state index in [0.29, 0.717) is 0 Å². The maximum atomic E-state index is 5.64. The zero-order valence-electron chi connectivity index (χ0n) is 11.8. The molecule has 0 atom stereocenters. The van der Waals surface area contributed by atoms with E-state index in [1.165, 1.54) is 30.7 Å². The number of aryl methyl sites for hydroxylation is 2. The Bertz CT molecular complexity index is 577. The zero-order valence-corrected chi connectivity index (χ0v) is 12.6. The van der Waals surface area contributed by atoms with Gasteiger partial charge in [-0.1, -0.05) is 0 Å². The molecule has 0 radical (unpaired) electrons. The summed E-state index contributed by atoms with van der Waals surface area (Å²) >= 11 is 1.71. The normalized spacial score (nSPS) is 17.8. The Morgan fingerprint density at radius 3 is 2.89 bits per heavy atom. The number of nitrogens with one attached hydrogen (secondary N) is 1. The van der Waals surface area contributed by atoms with Gasteiger partial charge in [0.2, 0.25) is 0 Å². The number of thiazole rings is 1. The minimum absolute atomic E-state index is 0.0847. The van der Waals surface area contributed by atoms with E-state index in [9.17, 15) is 0 Å². The summed E-state index contributed by atoms with van der Waals surface area (Å²) in [6, 6.07) is 0. The Balaban J connectivity index is 1.71. The highest BCUT2D eigenvalue weighted by Crippen LogP contribution is 2.34. The van der Waals surface area contributed by atoms with Crippen molar-refractivity contribution < 1.29 is 4.74 Å². The second-order valence-electron chi connectivity index (χ2n) is 5.48. The van der Waals surface area contributed by atoms with Gasteiger partial charge in [-0.05, 0) is 33.1 Å². The quantitative estimate of drug-likeness (QED) is 0.914. The van der Waals surface area contributed by atoms with Crippen LogP contribution >= 0.6 is 11.3 Å². The van der Waals surface area contributed by atoms with Crippen LogP contribution in [0.4, 0.5) is 0 Å². The number of hydrogen-bond donors (Lipinski definition) is 1. The van der Waals surface area contributed by atoms with Gasteiger partial charge in [-0.2, -0.15) is 0 Å². The summed E-state index contributed by atoms with van der Waals surface area (Å²) < 4.78 is 7.89. The molecule has 0 aromatic carbocycles. The lowest BCUT2D eigenvalue weighted by Crippen LogP contribution is -2.47. The average Bonchev–Trinajstić information content (AvgIpc) is 2.84. The minimum atomic E-state index is 0.0847. The highest BCUT2D eigenvalue weighted by molar-refractivity contribution is 7.15. The number of rotatable bonds is 5. The first-order valence-corrected chi connectivity index (χ1v) is 7.71. The number of nitrogens with zero attached hydrogens (tertiary/aromatic N) is 2. The second-order valence-corrected chi connectivity index (χ2v) is 6.32. The number of aromatic nitrogens is 2. The molecule has 3 rings (SSSR count). The second kappa shape index (κ2) is 4.89. The topological polar surface area (TPSA) is 38.6 Å². The van der Waals surface area contributed by atoms with Crippen LogP contribution < -0.4 is 5.32 Å². The van der Waals surface area contributed by atoms with Crippen molar-refractivity contribution in [2.75, 3.05) is 13.7 Å². The van der Waals surface area contributed by atoms with E-state index in [1.807, 2.05) is 7.11 Å². The van der Waals surface area contributed by atoms with Crippen molar-refractivity contribution in [2.24, 2.45) is 0 Å². The van der Waals surface area contributed by atoms with E-state index in [0.717, 1.165) is 23.7 Å². The monoisotopic (exact) mass is 279 g/mol. The van der Waals surface area contributed by atoms with Gasteiger partial charge < -0.3 is 10.1 Å². The molecule has 2 aromatic rings. The van der Waals surface area contributed by atoms with Gasteiger partial charge in [-0.25, -0.2) is 4.98 Å². The lowest BCUT2D eigenvalue weighted by Gasteiger charge is -2.40. The third-order valence-corrected chi connectivity index (χ3v) is 5.21. The van der Waals surface area contributed by atoms with Crippen molar-refractivity contribution in [3.63, 3.8) is 0 Å². The molecular weight excluding hydrogens is 258 g/mol. The maximum Gasteiger partial charge on any atom is 0.194 e. The zero-order chi connectivity index (χ0) is 13.5. The number of methoxy groups -OCH3 is 1. The molecular formula is C14H21N3OS. The first kappa shape index (κ1) is 13.1. The molecule has 2 heterocycles. The SMILES string of the molecule is COC1(CNCc2c(C)nc3scc(C)n23)CCC1. The molecule has 0 saturated heterocycles. The smallest absolute Gasteiger partial charge is 0.194 e. The van der Waals surface area contributed by atoms with Crippen molar-refractivity contribution in [3.8, 4) is 0 Å². The summed E-state index contributed by atoms with van der Waals surface area (Å²) in [6.45, 7) is 6.01. The highest BCUT2D eigenvalue weighted by atomic mass is 32.1. The lowest BCUT2D eigenvalue weighted by molar-refractivity contribution is -0.0695. The fourth-order valence-corrected chi connectivity index (χ4v) is 3.74. The van der Waals surface area contributed by atoms with Crippen molar-refractivity contribution in [1.82, 2.24) is 14.7 Å². The summed E-state index contributed by atoms with van der Waals surface area (Å²) in [7, 11) is 1.83. The molecule has 0 spiro atoms. The van der Waals surface area contributed by atoms with E-state index in [-0.39, 0.29) is 5.60 Å². The van der Waals surface area contributed by atoms with E-state index in [1.54, 1.807) is 11.3 Å². The molecule has 0 bridgehead atoms. The summed E-state index contributed by atoms with van der Waals surface area (Å²) in [6.07, 6.45) is 3.64. The maximum absolute atomic E-state index is 5.64. The summed E-state index contributed by atoms with van der Waals surface area (Å²) in [5, 5.41) is 5.71. The number of imidazole rings is 1. The highest BCUT2D eigenvalue weighted by Gasteiger charge is 2.36. The average molecular weight is 279 g/mol. The van der Waals surface area contributed by atoms with Crippen LogP contribution in [-0.2, 0) is 11.3 Å². The van der Waals surface area contributed by atoms with Crippen LogP contribution in [0.5, 0.6) is 0 Å². The van der Waals surface area contributed by atoms with Gasteiger partial charge in [0.25, 0.3) is 0 Å². The summed E-state index contributed by atoms with van der Waals surface area (Å²) in [4.78, 5) is 5.71. The standard InChI is InChI=1S/C14H21N3OS/c1-10-8-19-13-16-11(2)12(17(10)13)7-15-9-14(18-3)5-4-6-14/h8,15H,4-7,9H2,1-3H3. The molecule has 0 unspecified atom stereocenters. The molecule has 4 nitrogen and oxygen atoms in total. The molecule has 1 aliphatic carbocycles. The lowest BCUT2D eigenvalue weighted by atomic mass is 9.80. The first-order valence-electron chi connectivity index (χ1n) is 6.83. The van der Waals surface area contributed by atoms with Crippen molar-refractivity contribution in [2.45, 2.75) is 45.3 Å². The van der Waals surface area contributed by atoms with Crippen molar-refractivity contribution in [3.05, 3.63) is 22.5 Å². The Morgan fingerprint density at radius 2 is 2.26 bits per heavy atom. The molecule has 104 valence electrons. The van der Waals surface area contributed by atoms with Gasteiger partial charge in [0.1, 0.15) is 0 Å². The largest absolute Gasteiger partial charge is 0.377 e. The molecule has 1 N–H and O–H groups in total. The van der Waals surface area contributed by atoms with Crippen LogP contribution in [-0.4, -0.2) is 28.6 Å². The van der Waals surface area contributed by atoms with Gasteiger partial charge in [-0.15, -0.1) is 11.3 Å². The molecule has 1 fully saturated rings. The van der Waals surface area contributed by atoms with Gasteiger partial charge in [-0.3, -0.25) is 4.40 Å². The van der Waals surface area contributed by atoms with Crippen molar-refractivity contribution in [1.29, 1.82) is 0 Å². The Kier molecular flexibility index (Phi) is 3.37. The molecule has 0 aliphatic heterocycles. The van der Waals surface area contributed by atoms with Crippen LogP contribution in [0.3, 0.4) is 0 Å². The molecule has 5 heteroatoms. The molecule has 1 saturated carbocycles. The molecule has 2 aromatic heterocycles. The van der Waals surface area contributed by atoms with Crippen LogP contribution in [0.15, 0.2) is 5.38 Å². The fourth-order valence-electron chi connectivity index (χ4n) is 2.81. The summed E-state index contributed by atoms with van der Waals surface area (Å²) in [5.74, 6) is 0. The van der Waals surface area contributed by atoms with Gasteiger partial charge >= 0.3 is 0 Å². The third-order valence-electron chi connectivity index (χ3n) is 4.27. The van der Waals surface area contributed by atoms with Gasteiger partial charge in [0, 0.05) is 31.3 Å². The Morgan fingerprint density at radius 1 is 1.47 bits per heavy atom. The van der Waals surface area contributed by atoms with Crippen LogP contribution in [0.2, 0.25) is 0 Å². The van der Waals surface area contributed by atoms with Crippen molar-refractivity contribution >= 4 is 16.3 Å². The Labute approximate surface area is 117 Å². The van der Waals surface area contributed by atoms with E-state index < -0.39 is 0 Å². The van der Waals surface area contributed by atoms with E-state index >= 15 is 0 Å². The van der Waals surface area contributed by atoms with E-state index in [2.05, 4.69) is 33.9 Å². The number of fused-ring (bicyclic) bond motifs is 1. The van der Waals surface area contributed by atoms with E-state index in [4.69, 9.17) is 4.74 Å². The van der Waals surface area contributed by atoms with Crippen LogP contribution in [0.25, 0.3) is 4.96 Å². The van der Waals surface area contributed by atoms with Crippen LogP contribution in [0, 0.1) is 13.8 Å². The minimum Gasteiger partial charge on any atom is -0.377 e. The van der Waals surface area contributed by atoms with Gasteiger partial charge in [0.15, 0.2) is 4.96 Å². The van der Waals surface area contributed by atoms with Crippen LogP contribution in [0.1, 0.15) is 36.3 Å². The molecule has 0 amide bonds. The summed E-state index contributed by atoms with van der Waals surface area (Å²) in [5.41, 5.74) is 3.76. The predicted molar refractivity (Wildman–Crippen MR) is 77.8 cm³/mol. The predicted octanol–water partition coefficient (Wildman–Crippen LogP) is 2.67. The van der Waals surface area contributed by atoms with Gasteiger partial charge in [0.05, 0.1) is 17.0 Å². The fraction of sp³-hybridized carbons (Fsp3) is 0.643. The number of hydrogen-bond acceptors (Lipinski definition) is 4. The third kappa shape index (κ3) is 2.20.